The van der Waals surface area contributed by atoms with Crippen molar-refractivity contribution in [2.45, 2.75) is 25.3 Å². The molecule has 0 atom stereocenters. The van der Waals surface area contributed by atoms with Gasteiger partial charge in [-0.25, -0.2) is 4.98 Å². The Bertz CT molecular complexity index is 932. The van der Waals surface area contributed by atoms with Crippen molar-refractivity contribution in [2.24, 2.45) is 0 Å². The average molecular weight is 354 g/mol. The Balaban J connectivity index is 1.71. The number of piperidine rings is 1. The molecule has 1 aliphatic rings. The Hall–Kier alpha value is -2.94. The van der Waals surface area contributed by atoms with Gasteiger partial charge in [0.15, 0.2) is 5.82 Å². The first-order valence-electron chi connectivity index (χ1n) is 8.64. The Labute approximate surface area is 150 Å². The topological polar surface area (TPSA) is 130 Å². The molecule has 1 aliphatic heterocycles. The molecular formula is C17H22N8O. The van der Waals surface area contributed by atoms with Crippen molar-refractivity contribution in [3.63, 3.8) is 0 Å². The highest BCUT2D eigenvalue weighted by atomic mass is 16.5. The first-order valence-corrected chi connectivity index (χ1v) is 8.64. The van der Waals surface area contributed by atoms with Crippen molar-refractivity contribution in [3.8, 4) is 5.75 Å². The predicted molar refractivity (Wildman–Crippen MR) is 98.9 cm³/mol. The number of nitrogen functional groups attached to an aromatic ring is 2. The number of anilines is 2. The third-order valence-electron chi connectivity index (χ3n) is 4.76. The summed E-state index contributed by atoms with van der Waals surface area (Å²) in [6, 6.07) is 4.03. The van der Waals surface area contributed by atoms with Crippen molar-refractivity contribution >= 4 is 22.8 Å². The molecule has 1 saturated heterocycles. The van der Waals surface area contributed by atoms with Gasteiger partial charge in [0.2, 0.25) is 5.95 Å². The normalized spacial score (nSPS) is 15.4. The Morgan fingerprint density at radius 1 is 1.19 bits per heavy atom. The second kappa shape index (κ2) is 6.75. The van der Waals surface area contributed by atoms with Gasteiger partial charge in [0.05, 0.1) is 19.9 Å². The van der Waals surface area contributed by atoms with Crippen LogP contribution in [-0.2, 0) is 6.54 Å². The molecule has 4 rings (SSSR count). The predicted octanol–water partition coefficient (Wildman–Crippen LogP) is 0.910. The lowest BCUT2D eigenvalue weighted by atomic mass is 9.94. The van der Waals surface area contributed by atoms with E-state index in [2.05, 4.69) is 26.4 Å². The highest BCUT2D eigenvalue weighted by Gasteiger charge is 2.19. The van der Waals surface area contributed by atoms with E-state index in [0.29, 0.717) is 29.3 Å². The fraction of sp³-hybridized carbons (Fsp3) is 0.412. The van der Waals surface area contributed by atoms with Crippen LogP contribution in [0.4, 0.5) is 11.8 Å². The third kappa shape index (κ3) is 3.01. The van der Waals surface area contributed by atoms with E-state index < -0.39 is 0 Å². The maximum absolute atomic E-state index is 6.02. The zero-order valence-electron chi connectivity index (χ0n) is 14.6. The van der Waals surface area contributed by atoms with Crippen LogP contribution in [0.5, 0.6) is 5.75 Å². The van der Waals surface area contributed by atoms with E-state index in [1.165, 1.54) is 0 Å². The lowest BCUT2D eigenvalue weighted by molar-refractivity contribution is 0.401. The molecule has 3 aromatic rings. The number of hydrogen-bond donors (Lipinski definition) is 3. The van der Waals surface area contributed by atoms with Gasteiger partial charge < -0.3 is 21.5 Å². The monoisotopic (exact) mass is 354 g/mol. The van der Waals surface area contributed by atoms with Gasteiger partial charge in [0, 0.05) is 11.6 Å². The lowest BCUT2D eigenvalue weighted by Crippen LogP contribution is -2.27. The molecule has 0 aromatic carbocycles. The number of nitrogens with zero attached hydrogens (tertiary/aromatic N) is 5. The van der Waals surface area contributed by atoms with Crippen LogP contribution in [0.2, 0.25) is 0 Å². The van der Waals surface area contributed by atoms with Crippen LogP contribution in [0.15, 0.2) is 18.3 Å². The Morgan fingerprint density at radius 3 is 2.77 bits per heavy atom. The SMILES string of the molecule is COc1ccc(C2CCNCC2)nc1Cn1ncc2nc(N)nc(N)c21. The highest BCUT2D eigenvalue weighted by Crippen LogP contribution is 2.28. The van der Waals surface area contributed by atoms with Gasteiger partial charge in [-0.1, -0.05) is 0 Å². The quantitative estimate of drug-likeness (QED) is 0.630. The number of aromatic nitrogens is 5. The summed E-state index contributed by atoms with van der Waals surface area (Å²) in [5.74, 6) is 1.63. The number of rotatable bonds is 4. The maximum atomic E-state index is 6.02. The highest BCUT2D eigenvalue weighted by molar-refractivity contribution is 5.85. The summed E-state index contributed by atoms with van der Waals surface area (Å²) in [6.45, 7) is 2.46. The van der Waals surface area contributed by atoms with Crippen LogP contribution in [0.25, 0.3) is 11.0 Å². The van der Waals surface area contributed by atoms with Crippen molar-refractivity contribution in [3.05, 3.63) is 29.7 Å². The van der Waals surface area contributed by atoms with Crippen molar-refractivity contribution in [1.82, 2.24) is 30.0 Å². The van der Waals surface area contributed by atoms with E-state index in [1.807, 2.05) is 6.07 Å². The fourth-order valence-corrected chi connectivity index (χ4v) is 3.46. The minimum Gasteiger partial charge on any atom is -0.495 e. The molecule has 136 valence electrons. The van der Waals surface area contributed by atoms with Crippen LogP contribution >= 0.6 is 0 Å². The summed E-state index contributed by atoms with van der Waals surface area (Å²) in [5.41, 5.74) is 14.8. The van der Waals surface area contributed by atoms with Gasteiger partial charge in [-0.05, 0) is 38.1 Å². The average Bonchev–Trinajstić information content (AvgIpc) is 3.05. The molecule has 5 N–H and O–H groups in total. The molecule has 0 radical (unpaired) electrons. The molecule has 9 heteroatoms. The van der Waals surface area contributed by atoms with Gasteiger partial charge in [0.1, 0.15) is 22.5 Å². The maximum Gasteiger partial charge on any atom is 0.222 e. The summed E-state index contributed by atoms with van der Waals surface area (Å²) < 4.78 is 7.24. The van der Waals surface area contributed by atoms with E-state index in [9.17, 15) is 0 Å². The summed E-state index contributed by atoms with van der Waals surface area (Å²) in [5, 5.41) is 7.77. The molecule has 9 nitrogen and oxygen atoms in total. The molecule has 0 amide bonds. The number of nitrogens with two attached hydrogens (primary N) is 2. The molecule has 3 aromatic heterocycles. The van der Waals surface area contributed by atoms with Gasteiger partial charge in [-0.15, -0.1) is 0 Å². The first-order chi connectivity index (χ1) is 12.7. The van der Waals surface area contributed by atoms with E-state index in [4.69, 9.17) is 21.2 Å². The second-order valence-electron chi connectivity index (χ2n) is 6.41. The number of ether oxygens (including phenoxy) is 1. The van der Waals surface area contributed by atoms with Gasteiger partial charge in [-0.2, -0.15) is 10.1 Å². The third-order valence-corrected chi connectivity index (χ3v) is 4.76. The molecule has 1 fully saturated rings. The van der Waals surface area contributed by atoms with Gasteiger partial charge in [-0.3, -0.25) is 9.67 Å². The molecular weight excluding hydrogens is 332 g/mol. The van der Waals surface area contributed by atoms with Crippen LogP contribution in [0, 0.1) is 0 Å². The fourth-order valence-electron chi connectivity index (χ4n) is 3.46. The van der Waals surface area contributed by atoms with E-state index in [-0.39, 0.29) is 5.95 Å². The van der Waals surface area contributed by atoms with E-state index in [1.54, 1.807) is 18.0 Å². The van der Waals surface area contributed by atoms with Crippen LogP contribution in [0.3, 0.4) is 0 Å². The Kier molecular flexibility index (Phi) is 4.29. The number of pyridine rings is 1. The van der Waals surface area contributed by atoms with Crippen LogP contribution in [0.1, 0.15) is 30.1 Å². The molecule has 0 unspecified atom stereocenters. The van der Waals surface area contributed by atoms with Gasteiger partial charge in [0.25, 0.3) is 0 Å². The first kappa shape index (κ1) is 16.5. The van der Waals surface area contributed by atoms with Crippen molar-refractivity contribution < 1.29 is 4.74 Å². The summed E-state index contributed by atoms with van der Waals surface area (Å²) in [4.78, 5) is 13.1. The zero-order valence-corrected chi connectivity index (χ0v) is 14.6. The standard InChI is InChI=1S/C17H22N8O/c1-26-14-3-2-11(10-4-6-20-7-5-10)22-13(14)9-25-15-12(8-21-25)23-17(19)24-16(15)18/h2-3,8,10,20H,4-7,9H2,1H3,(H4,18,19,23,24). The second-order valence-corrected chi connectivity index (χ2v) is 6.41. The van der Waals surface area contributed by atoms with E-state index >= 15 is 0 Å². The smallest absolute Gasteiger partial charge is 0.222 e. The molecule has 26 heavy (non-hydrogen) atoms. The minimum atomic E-state index is 0.137. The minimum absolute atomic E-state index is 0.137. The van der Waals surface area contributed by atoms with E-state index in [0.717, 1.165) is 43.1 Å². The van der Waals surface area contributed by atoms with Crippen LogP contribution in [-0.4, -0.2) is 44.9 Å². The van der Waals surface area contributed by atoms with Gasteiger partial charge >= 0.3 is 0 Å². The molecule has 0 aliphatic carbocycles. The van der Waals surface area contributed by atoms with Crippen LogP contribution < -0.4 is 21.5 Å². The molecule has 0 saturated carbocycles. The Morgan fingerprint density at radius 2 is 2.00 bits per heavy atom. The summed E-state index contributed by atoms with van der Waals surface area (Å²) >= 11 is 0. The zero-order chi connectivity index (χ0) is 18.1. The molecule has 4 heterocycles. The number of fused-ring (bicyclic) bond motifs is 1. The lowest BCUT2D eigenvalue weighted by Gasteiger charge is -2.23. The van der Waals surface area contributed by atoms with Crippen molar-refractivity contribution in [2.75, 3.05) is 31.7 Å². The number of hydrogen-bond acceptors (Lipinski definition) is 8. The number of methoxy groups -OCH3 is 1. The summed E-state index contributed by atoms with van der Waals surface area (Å²) in [7, 11) is 1.64. The molecule has 0 spiro atoms. The number of nitrogens with one attached hydrogen (secondary N) is 1. The largest absolute Gasteiger partial charge is 0.495 e. The summed E-state index contributed by atoms with van der Waals surface area (Å²) in [6.07, 6.45) is 3.81. The molecule has 0 bridgehead atoms. The van der Waals surface area contributed by atoms with Crippen molar-refractivity contribution in [1.29, 1.82) is 0 Å².